The van der Waals surface area contributed by atoms with Crippen LogP contribution in [0.15, 0.2) is 42.5 Å². The number of carboxylic acid groups (broad SMARTS) is 1. The van der Waals surface area contributed by atoms with Crippen LogP contribution in [0.1, 0.15) is 18.9 Å². The van der Waals surface area contributed by atoms with Crippen molar-refractivity contribution < 1.29 is 9.90 Å². The molecular formula is C15H21NO2. The van der Waals surface area contributed by atoms with Crippen LogP contribution in [0.5, 0.6) is 0 Å². The Morgan fingerprint density at radius 1 is 1.28 bits per heavy atom. The second-order valence-electron chi connectivity index (χ2n) is 4.61. The summed E-state index contributed by atoms with van der Waals surface area (Å²) in [5, 5.41) is 8.73. The summed E-state index contributed by atoms with van der Waals surface area (Å²) >= 11 is 0. The largest absolute Gasteiger partial charge is 0.481 e. The van der Waals surface area contributed by atoms with E-state index in [0.717, 1.165) is 25.1 Å². The third kappa shape index (κ3) is 6.21. The average molecular weight is 247 g/mol. The summed E-state index contributed by atoms with van der Waals surface area (Å²) in [7, 11) is 0. The predicted octanol–water partition coefficient (Wildman–Crippen LogP) is 2.58. The zero-order valence-electron chi connectivity index (χ0n) is 10.9. The van der Waals surface area contributed by atoms with Gasteiger partial charge < -0.3 is 5.11 Å². The minimum atomic E-state index is -0.749. The summed E-state index contributed by atoms with van der Waals surface area (Å²) in [4.78, 5) is 12.8. The summed E-state index contributed by atoms with van der Waals surface area (Å²) in [6.45, 7) is 8.06. The van der Waals surface area contributed by atoms with Crippen LogP contribution in [-0.2, 0) is 11.2 Å². The van der Waals surface area contributed by atoms with E-state index in [4.69, 9.17) is 5.11 Å². The molecule has 0 saturated heterocycles. The number of carbonyl (C=O) groups is 1. The maximum atomic E-state index is 10.6. The summed E-state index contributed by atoms with van der Waals surface area (Å²) in [6.07, 6.45) is 1.12. The molecule has 0 aliphatic heterocycles. The Kier molecular flexibility index (Phi) is 6.15. The van der Waals surface area contributed by atoms with Crippen LogP contribution >= 0.6 is 0 Å². The third-order valence-electron chi connectivity index (χ3n) is 2.69. The van der Waals surface area contributed by atoms with E-state index in [1.54, 1.807) is 0 Å². The summed E-state index contributed by atoms with van der Waals surface area (Å²) in [5.74, 6) is -0.749. The molecule has 3 heteroatoms. The standard InChI is InChI=1S/C15H21NO2/c1-13(2)12-16(11-9-15(17)18)10-8-14-6-4-3-5-7-14/h3-7H,1,8-12H2,2H3,(H,17,18). The van der Waals surface area contributed by atoms with Gasteiger partial charge in [-0.15, -0.1) is 0 Å². The highest BCUT2D eigenvalue weighted by Gasteiger charge is 2.07. The van der Waals surface area contributed by atoms with Gasteiger partial charge in [0.05, 0.1) is 6.42 Å². The maximum absolute atomic E-state index is 10.6. The Hall–Kier alpha value is -1.61. The van der Waals surface area contributed by atoms with Crippen LogP contribution in [0.2, 0.25) is 0 Å². The molecule has 0 atom stereocenters. The summed E-state index contributed by atoms with van der Waals surface area (Å²) < 4.78 is 0. The van der Waals surface area contributed by atoms with Gasteiger partial charge in [0.15, 0.2) is 0 Å². The van der Waals surface area contributed by atoms with Crippen LogP contribution in [0.25, 0.3) is 0 Å². The minimum absolute atomic E-state index is 0.183. The first-order chi connectivity index (χ1) is 8.58. The maximum Gasteiger partial charge on any atom is 0.304 e. The molecule has 0 bridgehead atoms. The van der Waals surface area contributed by atoms with Crippen molar-refractivity contribution in [2.45, 2.75) is 19.8 Å². The molecule has 1 rings (SSSR count). The highest BCUT2D eigenvalue weighted by Crippen LogP contribution is 2.04. The molecule has 0 aliphatic carbocycles. The second-order valence-corrected chi connectivity index (χ2v) is 4.61. The molecule has 0 fully saturated rings. The van der Waals surface area contributed by atoms with Crippen LogP contribution < -0.4 is 0 Å². The molecule has 18 heavy (non-hydrogen) atoms. The quantitative estimate of drug-likeness (QED) is 0.718. The Morgan fingerprint density at radius 2 is 1.94 bits per heavy atom. The molecule has 0 unspecified atom stereocenters. The van der Waals surface area contributed by atoms with Gasteiger partial charge >= 0.3 is 5.97 Å². The number of hydrogen-bond donors (Lipinski definition) is 1. The first-order valence-corrected chi connectivity index (χ1v) is 6.20. The number of hydrogen-bond acceptors (Lipinski definition) is 2. The Morgan fingerprint density at radius 3 is 2.50 bits per heavy atom. The minimum Gasteiger partial charge on any atom is -0.481 e. The van der Waals surface area contributed by atoms with E-state index >= 15 is 0 Å². The Balaban J connectivity index is 2.45. The van der Waals surface area contributed by atoms with Gasteiger partial charge in [0.1, 0.15) is 0 Å². The molecule has 1 aromatic carbocycles. The molecule has 0 amide bonds. The van der Waals surface area contributed by atoms with Crippen molar-refractivity contribution >= 4 is 5.97 Å². The fourth-order valence-corrected chi connectivity index (χ4v) is 1.84. The molecule has 0 radical (unpaired) electrons. The van der Waals surface area contributed by atoms with E-state index in [-0.39, 0.29) is 6.42 Å². The fourth-order valence-electron chi connectivity index (χ4n) is 1.84. The monoisotopic (exact) mass is 247 g/mol. The molecule has 0 saturated carbocycles. The lowest BCUT2D eigenvalue weighted by Gasteiger charge is -2.21. The van der Waals surface area contributed by atoms with Gasteiger partial charge in [0.2, 0.25) is 0 Å². The number of carboxylic acids is 1. The Bertz CT molecular complexity index is 387. The van der Waals surface area contributed by atoms with Crippen molar-refractivity contribution in [2.75, 3.05) is 19.6 Å². The molecule has 1 aromatic rings. The van der Waals surface area contributed by atoms with Gasteiger partial charge in [-0.3, -0.25) is 9.69 Å². The van der Waals surface area contributed by atoms with Gasteiger partial charge in [-0.05, 0) is 18.9 Å². The van der Waals surface area contributed by atoms with Crippen molar-refractivity contribution in [1.29, 1.82) is 0 Å². The summed E-state index contributed by atoms with van der Waals surface area (Å²) in [6, 6.07) is 10.2. The SMILES string of the molecule is C=C(C)CN(CCC(=O)O)CCc1ccccc1. The van der Waals surface area contributed by atoms with Crippen molar-refractivity contribution in [3.05, 3.63) is 48.0 Å². The van der Waals surface area contributed by atoms with Gasteiger partial charge in [0, 0.05) is 19.6 Å². The van der Waals surface area contributed by atoms with E-state index in [1.807, 2.05) is 25.1 Å². The molecule has 0 aliphatic rings. The second kappa shape index (κ2) is 7.67. The van der Waals surface area contributed by atoms with E-state index < -0.39 is 5.97 Å². The molecule has 0 aromatic heterocycles. The molecule has 1 N–H and O–H groups in total. The van der Waals surface area contributed by atoms with Gasteiger partial charge in [-0.25, -0.2) is 0 Å². The van der Waals surface area contributed by atoms with E-state index in [0.29, 0.717) is 6.54 Å². The molecule has 0 heterocycles. The lowest BCUT2D eigenvalue weighted by atomic mass is 10.1. The molecular weight excluding hydrogens is 226 g/mol. The van der Waals surface area contributed by atoms with Crippen molar-refractivity contribution in [2.24, 2.45) is 0 Å². The smallest absolute Gasteiger partial charge is 0.304 e. The number of rotatable bonds is 8. The predicted molar refractivity (Wildman–Crippen MR) is 73.7 cm³/mol. The van der Waals surface area contributed by atoms with Gasteiger partial charge in [-0.2, -0.15) is 0 Å². The highest BCUT2D eigenvalue weighted by atomic mass is 16.4. The molecule has 98 valence electrons. The summed E-state index contributed by atoms with van der Waals surface area (Å²) in [5.41, 5.74) is 2.34. The van der Waals surface area contributed by atoms with Crippen LogP contribution in [0, 0.1) is 0 Å². The van der Waals surface area contributed by atoms with Crippen LogP contribution in [0.3, 0.4) is 0 Å². The number of aliphatic carboxylic acids is 1. The lowest BCUT2D eigenvalue weighted by Crippen LogP contribution is -2.30. The number of nitrogens with zero attached hydrogens (tertiary/aromatic N) is 1. The average Bonchev–Trinajstić information content (AvgIpc) is 2.33. The molecule has 0 spiro atoms. The highest BCUT2D eigenvalue weighted by molar-refractivity contribution is 5.66. The van der Waals surface area contributed by atoms with Gasteiger partial charge in [0.25, 0.3) is 0 Å². The van der Waals surface area contributed by atoms with Crippen molar-refractivity contribution in [3.8, 4) is 0 Å². The topological polar surface area (TPSA) is 40.5 Å². The van der Waals surface area contributed by atoms with Gasteiger partial charge in [-0.1, -0.05) is 42.5 Å². The van der Waals surface area contributed by atoms with Crippen LogP contribution in [0.4, 0.5) is 0 Å². The first kappa shape index (κ1) is 14.5. The van der Waals surface area contributed by atoms with E-state index in [2.05, 4.69) is 23.6 Å². The normalized spacial score (nSPS) is 10.6. The van der Waals surface area contributed by atoms with E-state index in [9.17, 15) is 4.79 Å². The zero-order valence-corrected chi connectivity index (χ0v) is 10.9. The first-order valence-electron chi connectivity index (χ1n) is 6.20. The lowest BCUT2D eigenvalue weighted by molar-refractivity contribution is -0.137. The fraction of sp³-hybridized carbons (Fsp3) is 0.400. The van der Waals surface area contributed by atoms with Crippen molar-refractivity contribution in [1.82, 2.24) is 4.90 Å². The van der Waals surface area contributed by atoms with Crippen LogP contribution in [-0.4, -0.2) is 35.6 Å². The zero-order chi connectivity index (χ0) is 13.4. The number of benzene rings is 1. The third-order valence-corrected chi connectivity index (χ3v) is 2.69. The van der Waals surface area contributed by atoms with E-state index in [1.165, 1.54) is 5.56 Å². The molecule has 3 nitrogen and oxygen atoms in total. The Labute approximate surface area is 109 Å². The van der Waals surface area contributed by atoms with Crippen molar-refractivity contribution in [3.63, 3.8) is 0 Å².